The first-order valence-electron chi connectivity index (χ1n) is 53.4. The van der Waals surface area contributed by atoms with Gasteiger partial charge in [0.05, 0.1) is 122 Å². The van der Waals surface area contributed by atoms with Crippen molar-refractivity contribution in [2.75, 3.05) is 245 Å². The summed E-state index contributed by atoms with van der Waals surface area (Å²) in [6.45, 7) is 25.7. The largest absolute Gasteiger partial charge is 0.488 e. The van der Waals surface area contributed by atoms with Gasteiger partial charge in [-0.1, -0.05) is 0 Å². The maximum atomic E-state index is 14.9. The highest BCUT2D eigenvalue weighted by Crippen LogP contribution is 2.40. The van der Waals surface area contributed by atoms with Crippen molar-refractivity contribution in [2.45, 2.75) is 158 Å². The minimum absolute atomic E-state index is 0.0265. The second-order valence-corrected chi connectivity index (χ2v) is 40.5. The Kier molecular flexibility index (Phi) is 34.2. The molecule has 4 N–H and O–H groups in total. The first-order chi connectivity index (χ1) is 73.0. The van der Waals surface area contributed by atoms with Gasteiger partial charge in [0.2, 0.25) is 5.95 Å². The number of nitrogens with one attached hydrogen (secondary N) is 4. The molecule has 7 aromatic heterocycles. The zero-order valence-corrected chi connectivity index (χ0v) is 85.9. The Morgan fingerprint density at radius 3 is 1.00 bits per heavy atom. The minimum atomic E-state index is -0.344. The molecular formula is C110H138FN27O11. The van der Waals surface area contributed by atoms with Gasteiger partial charge in [0.1, 0.15) is 68.2 Å². The molecule has 11 fully saturated rings. The Morgan fingerprint density at radius 2 is 0.644 bits per heavy atom. The van der Waals surface area contributed by atoms with Crippen LogP contribution in [0.5, 0.6) is 23.0 Å². The molecular weight excluding hydrogens is 1890 g/mol. The molecule has 3 amide bonds. The number of amides is 3. The van der Waals surface area contributed by atoms with E-state index in [0.29, 0.717) is 47.7 Å². The van der Waals surface area contributed by atoms with Gasteiger partial charge in [-0.25, -0.2) is 49.2 Å². The van der Waals surface area contributed by atoms with Crippen molar-refractivity contribution in [3.05, 3.63) is 188 Å². The van der Waals surface area contributed by atoms with Gasteiger partial charge in [0, 0.05) is 276 Å². The fourth-order valence-corrected chi connectivity index (χ4v) is 21.4. The van der Waals surface area contributed by atoms with Gasteiger partial charge >= 0.3 is 0 Å². The topological polar surface area (TPSA) is 373 Å². The van der Waals surface area contributed by atoms with Crippen LogP contribution in [0.4, 0.5) is 50.3 Å². The number of aryl methyl sites for hydroxylation is 1. The number of carbonyl (C=O) groups excluding carboxylic acids is 3. The number of hydrogen-bond donors (Lipinski definition) is 4. The van der Waals surface area contributed by atoms with Crippen LogP contribution in [0, 0.1) is 12.7 Å². The number of hydrogen-bond acceptors (Lipinski definition) is 35. The molecule has 5 aromatic carbocycles. The van der Waals surface area contributed by atoms with Crippen molar-refractivity contribution in [3.63, 3.8) is 0 Å². The van der Waals surface area contributed by atoms with Gasteiger partial charge in [0.25, 0.3) is 17.7 Å². The van der Waals surface area contributed by atoms with E-state index in [9.17, 15) is 18.8 Å². The Labute approximate surface area is 868 Å². The average molecular weight is 2030 g/mol. The third kappa shape index (κ3) is 27.0. The molecule has 14 heterocycles. The molecule has 0 atom stereocenters. The molecule has 149 heavy (non-hydrogen) atoms. The Morgan fingerprint density at radius 1 is 0.309 bits per heavy atom. The third-order valence-electron chi connectivity index (χ3n) is 30.2. The third-order valence-corrected chi connectivity index (χ3v) is 30.2. The van der Waals surface area contributed by atoms with Crippen LogP contribution in [0.15, 0.2) is 159 Å². The zero-order valence-electron chi connectivity index (χ0n) is 85.9. The molecule has 0 radical (unpaired) electrons. The van der Waals surface area contributed by atoms with E-state index in [0.717, 1.165) is 380 Å². The smallest absolute Gasteiger partial charge is 0.270 e. The van der Waals surface area contributed by atoms with Gasteiger partial charge in [-0.3, -0.25) is 34.3 Å². The van der Waals surface area contributed by atoms with Gasteiger partial charge in [-0.2, -0.15) is 0 Å². The number of anilines is 8. The number of benzene rings is 5. The number of morpholine rings is 4. The van der Waals surface area contributed by atoms with Crippen molar-refractivity contribution in [1.82, 2.24) is 95.4 Å². The van der Waals surface area contributed by atoms with E-state index >= 15 is 0 Å². The molecule has 12 aromatic rings. The number of aromatic nitrogens is 13. The maximum Gasteiger partial charge on any atom is 0.270 e. The first-order valence-corrected chi connectivity index (χ1v) is 53.4. The number of pyridine rings is 1. The number of ether oxygens (including phenoxy) is 8. The molecule has 786 valence electrons. The molecule has 4 saturated carbocycles. The molecule has 0 unspecified atom stereocenters. The fourth-order valence-electron chi connectivity index (χ4n) is 21.4. The van der Waals surface area contributed by atoms with E-state index in [1.54, 1.807) is 80.3 Å². The number of likely N-dealkylation sites (N-methyl/N-ethyl adjacent to an activating group) is 3. The Bertz CT molecular complexity index is 6240. The van der Waals surface area contributed by atoms with Crippen LogP contribution < -0.4 is 74.5 Å². The van der Waals surface area contributed by atoms with Crippen molar-refractivity contribution in [3.8, 4) is 23.0 Å². The highest BCUT2D eigenvalue weighted by molar-refractivity contribution is 5.96. The van der Waals surface area contributed by atoms with Crippen molar-refractivity contribution in [1.29, 1.82) is 0 Å². The summed E-state index contributed by atoms with van der Waals surface area (Å²) in [5, 5.41) is 13.0. The predicted molar refractivity (Wildman–Crippen MR) is 572 cm³/mol. The number of fused-ring (bicyclic) bond motifs is 4. The second kappa shape index (κ2) is 49.7. The standard InChI is InChI=1S/C30H37FN6O3.C29H37N7O3.C28H36N8O3.C23H28N6O2/c1-35-10-12-37(13-11-35)27-7-2-21(18-25(27)31)30(38)34-22-3-5-24(6-4-22)40-28-20-23(36-14-16-39-17-15-36)19-26-29(28)33-9-8-32-26;1-34-10-12-35(13-11-34)22-4-7-25(32-20-22)29(37)33-21-2-5-24(6-3-21)39-27-19-23(36-14-16-38-17-15-36)18-26-28(27)31-9-8-30-26;1-34-8-10-36(11-9-34)28-31-18-20(19-32-28)27(37)33-21-2-4-23(5-3-21)39-25-17-22(35-12-14-38-15-13-35)16-24-26(25)30-7-6-29-24;1-16-24-7-6-22(27-16)28-17-2-4-19(5-3-17)31-21-15-18(29-10-12-30-13-11-29)14-20-23(21)26-9-8-25-20/h2,7-9,18-20,22,24H,3-6,10-17H2,1H3,(H,34,38);4,7-9,18-21,24H,2-3,5-6,10-17H2,1H3,(H,33,37);6-7,16-19,21,23H,2-5,8-15H2,1H3,(H,33,37);6-9,14-15,17,19H,2-5,10-13H2,1H3,(H,24,27,28). The Hall–Kier alpha value is -13.6. The highest BCUT2D eigenvalue weighted by Gasteiger charge is 2.34. The maximum absolute atomic E-state index is 14.9. The summed E-state index contributed by atoms with van der Waals surface area (Å²) in [6, 6.07) is 28.0. The SMILES string of the molecule is CN1CCN(c2ccc(C(=O)NC3CCC(Oc4cc(N5CCOCC5)cc5nccnc45)CC3)cc2F)CC1.CN1CCN(c2ccc(C(=O)NC3CCC(Oc4cc(N5CCOCC5)cc5nccnc45)CC3)nc2)CC1.CN1CCN(c2ncc(C(=O)NC3CCC(Oc4cc(N5CCOCC5)cc5nccnc45)CC3)cn2)CC1.Cc1nccc(NC2CCC(Oc3cc(N4CCOCC4)cc4nccnc34)CC2)n1. The van der Waals surface area contributed by atoms with Crippen LogP contribution >= 0.6 is 0 Å². The summed E-state index contributed by atoms with van der Waals surface area (Å²) in [7, 11) is 6.33. The lowest BCUT2D eigenvalue weighted by Crippen LogP contribution is -2.45. The van der Waals surface area contributed by atoms with Gasteiger partial charge in [-0.15, -0.1) is 0 Å². The average Bonchev–Trinajstić information content (AvgIpc) is 0.799. The summed E-state index contributed by atoms with van der Waals surface area (Å²) < 4.78 is 63.0. The van der Waals surface area contributed by atoms with Crippen LogP contribution in [0.2, 0.25) is 0 Å². The number of carbonyl (C=O) groups is 3. The molecule has 0 bridgehead atoms. The monoisotopic (exact) mass is 2030 g/mol. The van der Waals surface area contributed by atoms with Crippen molar-refractivity contribution in [2.24, 2.45) is 0 Å². The summed E-state index contributed by atoms with van der Waals surface area (Å²) in [5.74, 6) is 4.69. The molecule has 7 saturated heterocycles. The summed E-state index contributed by atoms with van der Waals surface area (Å²) in [4.78, 5) is 120. The minimum Gasteiger partial charge on any atom is -0.488 e. The molecule has 39 heteroatoms. The van der Waals surface area contributed by atoms with Crippen LogP contribution in [0.1, 0.15) is 140 Å². The van der Waals surface area contributed by atoms with Crippen molar-refractivity contribution >= 4 is 108 Å². The van der Waals surface area contributed by atoms with Crippen LogP contribution in [0.3, 0.4) is 0 Å². The number of piperazine rings is 3. The number of nitrogens with zero attached hydrogens (tertiary/aromatic N) is 23. The molecule has 23 rings (SSSR count). The molecule has 4 aliphatic carbocycles. The summed E-state index contributed by atoms with van der Waals surface area (Å²) >= 11 is 0. The summed E-state index contributed by atoms with van der Waals surface area (Å²) in [6.07, 6.45) is 35.1. The molecule has 38 nitrogen and oxygen atoms in total. The quantitative estimate of drug-likeness (QED) is 0.0462. The predicted octanol–water partition coefficient (Wildman–Crippen LogP) is 11.7. The Balaban J connectivity index is 0.000000121. The van der Waals surface area contributed by atoms with Crippen LogP contribution in [-0.4, -0.2) is 351 Å². The van der Waals surface area contributed by atoms with E-state index in [4.69, 9.17) is 37.9 Å². The lowest BCUT2D eigenvalue weighted by Gasteiger charge is -2.34. The first kappa shape index (κ1) is 103. The highest BCUT2D eigenvalue weighted by atomic mass is 19.1. The molecule has 7 aliphatic heterocycles. The normalized spacial score (nSPS) is 22.4. The van der Waals surface area contributed by atoms with E-state index < -0.39 is 0 Å². The van der Waals surface area contributed by atoms with Crippen LogP contribution in [0.25, 0.3) is 44.1 Å². The van der Waals surface area contributed by atoms with E-state index in [-0.39, 0.29) is 66.1 Å². The number of rotatable bonds is 23. The lowest BCUT2D eigenvalue weighted by molar-refractivity contribution is 0.0885. The second-order valence-electron chi connectivity index (χ2n) is 40.5. The van der Waals surface area contributed by atoms with Crippen molar-refractivity contribution < 1.29 is 56.7 Å². The van der Waals surface area contributed by atoms with Crippen LogP contribution in [-0.2, 0) is 18.9 Å². The van der Waals surface area contributed by atoms with Gasteiger partial charge in [0.15, 0.2) is 0 Å². The van der Waals surface area contributed by atoms with Gasteiger partial charge < -0.3 is 108 Å². The van der Waals surface area contributed by atoms with E-state index in [2.05, 4.69) is 200 Å². The molecule has 0 spiro atoms. The summed E-state index contributed by atoms with van der Waals surface area (Å²) in [5.41, 5.74) is 13.9. The zero-order chi connectivity index (χ0) is 102. The lowest BCUT2D eigenvalue weighted by atomic mass is 9.92. The van der Waals surface area contributed by atoms with E-state index in [1.165, 1.54) is 6.07 Å². The molecule has 11 aliphatic rings. The van der Waals surface area contributed by atoms with E-state index in [1.807, 2.05) is 36.2 Å². The number of halogens is 1. The fraction of sp³-hybridized carbons (Fsp3) is 0.509. The van der Waals surface area contributed by atoms with Gasteiger partial charge in [-0.05, 0) is 191 Å².